The number of anilines is 1. The fourth-order valence-electron chi connectivity index (χ4n) is 2.63. The molecule has 6 heteroatoms. The van der Waals surface area contributed by atoms with E-state index in [1.54, 1.807) is 42.5 Å². The number of amides is 1. The van der Waals surface area contributed by atoms with E-state index in [2.05, 4.69) is 10.3 Å². The van der Waals surface area contributed by atoms with E-state index in [0.717, 1.165) is 5.52 Å². The molecular formula is C21H16N2O4. The summed E-state index contributed by atoms with van der Waals surface area (Å²) in [6.07, 6.45) is 0.169. The molecule has 4 rings (SSSR count). The van der Waals surface area contributed by atoms with Gasteiger partial charge in [-0.3, -0.25) is 4.79 Å². The fraction of sp³-hybridized carbons (Fsp3) is 0.0476. The summed E-state index contributed by atoms with van der Waals surface area (Å²) in [6.45, 7) is 0. The lowest BCUT2D eigenvalue weighted by Gasteiger charge is -2.09. The van der Waals surface area contributed by atoms with Crippen LogP contribution in [0.25, 0.3) is 11.1 Å². The number of aromatic nitrogens is 1. The second-order valence-electron chi connectivity index (χ2n) is 5.73. The molecule has 1 amide bonds. The van der Waals surface area contributed by atoms with Crippen LogP contribution in [0.1, 0.15) is 10.4 Å². The molecule has 0 bridgehead atoms. The van der Waals surface area contributed by atoms with E-state index in [1.807, 2.05) is 30.3 Å². The number of carbonyl (C=O) groups is 1. The Morgan fingerprint density at radius 2 is 1.70 bits per heavy atom. The predicted octanol–water partition coefficient (Wildman–Crippen LogP) is 4.88. The topological polar surface area (TPSA) is 73.6 Å². The molecule has 1 N–H and O–H groups in total. The molecule has 0 spiro atoms. The van der Waals surface area contributed by atoms with E-state index in [4.69, 9.17) is 13.9 Å². The van der Waals surface area contributed by atoms with Gasteiger partial charge in [0.1, 0.15) is 17.0 Å². The van der Waals surface area contributed by atoms with Gasteiger partial charge in [-0.25, -0.2) is 0 Å². The second kappa shape index (κ2) is 7.21. The standard InChI is InChI=1S/C21H16N2O4/c1-25-18-8-4-2-6-16(18)20(24)22-14-10-12-15(13-11-14)26-21-23-17-7-3-5-9-19(17)27-21/h2-13H,1H3,(H,22,24). The molecule has 0 fully saturated rings. The van der Waals surface area contributed by atoms with E-state index >= 15 is 0 Å². The Morgan fingerprint density at radius 3 is 2.48 bits per heavy atom. The summed E-state index contributed by atoms with van der Waals surface area (Å²) in [5.41, 5.74) is 2.49. The predicted molar refractivity (Wildman–Crippen MR) is 101 cm³/mol. The summed E-state index contributed by atoms with van der Waals surface area (Å²) in [5.74, 6) is 0.822. The molecule has 0 aliphatic rings. The van der Waals surface area contributed by atoms with E-state index in [0.29, 0.717) is 28.3 Å². The molecule has 0 unspecified atom stereocenters. The number of oxazole rings is 1. The van der Waals surface area contributed by atoms with Crippen molar-refractivity contribution in [2.24, 2.45) is 0 Å². The Labute approximate surface area is 155 Å². The number of ether oxygens (including phenoxy) is 2. The maximum atomic E-state index is 12.4. The zero-order chi connectivity index (χ0) is 18.6. The zero-order valence-electron chi connectivity index (χ0n) is 14.5. The number of rotatable bonds is 5. The van der Waals surface area contributed by atoms with Gasteiger partial charge in [0.25, 0.3) is 5.91 Å². The lowest BCUT2D eigenvalue weighted by atomic mass is 10.2. The van der Waals surface area contributed by atoms with Crippen LogP contribution in [-0.4, -0.2) is 18.0 Å². The molecule has 3 aromatic carbocycles. The van der Waals surface area contributed by atoms with Crippen molar-refractivity contribution in [1.29, 1.82) is 0 Å². The minimum absolute atomic E-state index is 0.169. The van der Waals surface area contributed by atoms with Gasteiger partial charge in [-0.2, -0.15) is 4.98 Å². The molecule has 1 heterocycles. The van der Waals surface area contributed by atoms with Crippen LogP contribution in [0.3, 0.4) is 0 Å². The highest BCUT2D eigenvalue weighted by Gasteiger charge is 2.12. The highest BCUT2D eigenvalue weighted by Crippen LogP contribution is 2.26. The molecule has 0 aliphatic carbocycles. The van der Waals surface area contributed by atoms with Crippen LogP contribution in [0, 0.1) is 0 Å². The Hall–Kier alpha value is -3.80. The first-order chi connectivity index (χ1) is 13.2. The van der Waals surface area contributed by atoms with Gasteiger partial charge >= 0.3 is 6.08 Å². The van der Waals surface area contributed by atoms with Crippen molar-refractivity contribution in [1.82, 2.24) is 4.98 Å². The lowest BCUT2D eigenvalue weighted by molar-refractivity contribution is 0.102. The summed E-state index contributed by atoms with van der Waals surface area (Å²) in [7, 11) is 1.53. The third kappa shape index (κ3) is 3.59. The first-order valence-corrected chi connectivity index (χ1v) is 8.31. The normalized spacial score (nSPS) is 10.6. The van der Waals surface area contributed by atoms with Crippen LogP contribution >= 0.6 is 0 Å². The highest BCUT2D eigenvalue weighted by atomic mass is 16.6. The summed E-state index contributed by atoms with van der Waals surface area (Å²) in [6, 6.07) is 21.4. The maximum Gasteiger partial charge on any atom is 0.400 e. The van der Waals surface area contributed by atoms with Crippen molar-refractivity contribution in [3.8, 4) is 17.6 Å². The highest BCUT2D eigenvalue weighted by molar-refractivity contribution is 6.06. The number of nitrogens with zero attached hydrogens (tertiary/aromatic N) is 1. The SMILES string of the molecule is COc1ccccc1C(=O)Nc1ccc(Oc2nc3ccccc3o2)cc1. The molecule has 27 heavy (non-hydrogen) atoms. The van der Waals surface area contributed by atoms with Crippen LogP contribution in [0.4, 0.5) is 5.69 Å². The Morgan fingerprint density at radius 1 is 0.963 bits per heavy atom. The fourth-order valence-corrected chi connectivity index (χ4v) is 2.63. The average molecular weight is 360 g/mol. The van der Waals surface area contributed by atoms with E-state index in [9.17, 15) is 4.79 Å². The van der Waals surface area contributed by atoms with Gasteiger partial charge in [0.2, 0.25) is 0 Å². The van der Waals surface area contributed by atoms with Crippen molar-refractivity contribution >= 4 is 22.7 Å². The van der Waals surface area contributed by atoms with Gasteiger partial charge in [0, 0.05) is 5.69 Å². The summed E-state index contributed by atoms with van der Waals surface area (Å²) in [4.78, 5) is 16.7. The molecule has 0 saturated heterocycles. The second-order valence-corrected chi connectivity index (χ2v) is 5.73. The monoisotopic (exact) mass is 360 g/mol. The van der Waals surface area contributed by atoms with Gasteiger partial charge in [-0.1, -0.05) is 24.3 Å². The number of benzene rings is 3. The Balaban J connectivity index is 1.46. The molecule has 6 nitrogen and oxygen atoms in total. The van der Waals surface area contributed by atoms with Gasteiger partial charge in [-0.15, -0.1) is 0 Å². The quantitative estimate of drug-likeness (QED) is 0.549. The number of nitrogens with one attached hydrogen (secondary N) is 1. The van der Waals surface area contributed by atoms with Crippen LogP contribution in [-0.2, 0) is 0 Å². The lowest BCUT2D eigenvalue weighted by Crippen LogP contribution is -2.12. The third-order valence-corrected chi connectivity index (χ3v) is 3.94. The average Bonchev–Trinajstić information content (AvgIpc) is 3.11. The largest absolute Gasteiger partial charge is 0.496 e. The third-order valence-electron chi connectivity index (χ3n) is 3.94. The van der Waals surface area contributed by atoms with E-state index < -0.39 is 0 Å². The van der Waals surface area contributed by atoms with Gasteiger partial charge < -0.3 is 19.2 Å². The maximum absolute atomic E-state index is 12.4. The van der Waals surface area contributed by atoms with Crippen molar-refractivity contribution in [3.05, 3.63) is 78.4 Å². The van der Waals surface area contributed by atoms with Crippen LogP contribution in [0.15, 0.2) is 77.2 Å². The van der Waals surface area contributed by atoms with Gasteiger partial charge in [0.15, 0.2) is 5.58 Å². The molecule has 0 aliphatic heterocycles. The molecule has 0 saturated carbocycles. The van der Waals surface area contributed by atoms with E-state index in [1.165, 1.54) is 7.11 Å². The number of fused-ring (bicyclic) bond motifs is 1. The molecule has 134 valence electrons. The van der Waals surface area contributed by atoms with Crippen molar-refractivity contribution in [2.75, 3.05) is 12.4 Å². The minimum Gasteiger partial charge on any atom is -0.496 e. The van der Waals surface area contributed by atoms with Crippen molar-refractivity contribution in [3.63, 3.8) is 0 Å². The zero-order valence-corrected chi connectivity index (χ0v) is 14.5. The molecule has 1 aromatic heterocycles. The van der Waals surface area contributed by atoms with E-state index in [-0.39, 0.29) is 12.0 Å². The molecule has 4 aromatic rings. The van der Waals surface area contributed by atoms with Crippen LogP contribution in [0.5, 0.6) is 17.6 Å². The number of hydrogen-bond acceptors (Lipinski definition) is 5. The smallest absolute Gasteiger partial charge is 0.400 e. The molecule has 0 radical (unpaired) electrons. The van der Waals surface area contributed by atoms with Crippen LogP contribution < -0.4 is 14.8 Å². The van der Waals surface area contributed by atoms with Crippen molar-refractivity contribution < 1.29 is 18.7 Å². The Kier molecular flexibility index (Phi) is 4.45. The number of methoxy groups -OCH3 is 1. The minimum atomic E-state index is -0.250. The summed E-state index contributed by atoms with van der Waals surface area (Å²) < 4.78 is 16.4. The Bertz CT molecular complexity index is 1050. The molecular weight excluding hydrogens is 344 g/mol. The first kappa shape index (κ1) is 16.7. The number of hydrogen-bond donors (Lipinski definition) is 1. The first-order valence-electron chi connectivity index (χ1n) is 8.31. The van der Waals surface area contributed by atoms with Crippen LogP contribution in [0.2, 0.25) is 0 Å². The van der Waals surface area contributed by atoms with Crippen molar-refractivity contribution in [2.45, 2.75) is 0 Å². The number of para-hydroxylation sites is 3. The summed E-state index contributed by atoms with van der Waals surface area (Å²) in [5, 5.41) is 2.83. The van der Waals surface area contributed by atoms with Gasteiger partial charge in [0.05, 0.1) is 12.7 Å². The number of carbonyl (C=O) groups excluding carboxylic acids is 1. The van der Waals surface area contributed by atoms with Gasteiger partial charge in [-0.05, 0) is 48.5 Å². The molecule has 0 atom stereocenters. The summed E-state index contributed by atoms with van der Waals surface area (Å²) >= 11 is 0.